The zero-order chi connectivity index (χ0) is 6.85. The number of thiol groups is 1. The molecule has 0 aliphatic carbocycles. The maximum atomic E-state index is 10.5. The molecule has 2 atom stereocenters. The molecule has 9 heavy (non-hydrogen) atoms. The van der Waals surface area contributed by atoms with Gasteiger partial charge in [0.25, 0.3) is 0 Å². The SMILES string of the molecule is CC1CNC(=O)NC1S. The van der Waals surface area contributed by atoms with E-state index in [-0.39, 0.29) is 11.4 Å². The third-order valence-corrected chi connectivity index (χ3v) is 2.04. The molecule has 0 aromatic carbocycles. The molecule has 1 rings (SSSR count). The topological polar surface area (TPSA) is 41.1 Å². The second-order valence-electron chi connectivity index (χ2n) is 2.28. The van der Waals surface area contributed by atoms with Crippen LogP contribution in [0.3, 0.4) is 0 Å². The summed E-state index contributed by atoms with van der Waals surface area (Å²) in [5.41, 5.74) is 0. The maximum Gasteiger partial charge on any atom is 0.315 e. The minimum Gasteiger partial charge on any atom is -0.338 e. The predicted molar refractivity (Wildman–Crippen MR) is 38.5 cm³/mol. The lowest BCUT2D eigenvalue weighted by Gasteiger charge is -2.26. The standard InChI is InChI=1S/C5H10N2OS/c1-3-2-6-5(8)7-4(3)9/h3-4,9H,2H2,1H3,(H2,6,7,8). The molecule has 0 radical (unpaired) electrons. The molecule has 0 aromatic heterocycles. The zero-order valence-corrected chi connectivity index (χ0v) is 6.11. The number of rotatable bonds is 0. The van der Waals surface area contributed by atoms with Crippen LogP contribution >= 0.6 is 12.6 Å². The molecular formula is C5H10N2OS. The van der Waals surface area contributed by atoms with E-state index in [0.717, 1.165) is 6.54 Å². The predicted octanol–water partition coefficient (Wildman–Crippen LogP) is 0.191. The van der Waals surface area contributed by atoms with Crippen LogP contribution in [-0.2, 0) is 0 Å². The Balaban J connectivity index is 2.44. The van der Waals surface area contributed by atoms with Crippen LogP contribution < -0.4 is 10.6 Å². The Kier molecular flexibility index (Phi) is 1.85. The van der Waals surface area contributed by atoms with E-state index in [1.807, 2.05) is 6.92 Å². The van der Waals surface area contributed by atoms with Gasteiger partial charge in [-0.25, -0.2) is 4.79 Å². The Morgan fingerprint density at radius 3 is 2.89 bits per heavy atom. The van der Waals surface area contributed by atoms with Gasteiger partial charge in [0.1, 0.15) is 0 Å². The highest BCUT2D eigenvalue weighted by molar-refractivity contribution is 7.80. The summed E-state index contributed by atoms with van der Waals surface area (Å²) in [6.45, 7) is 2.75. The number of carbonyl (C=O) groups excluding carboxylic acids is 1. The van der Waals surface area contributed by atoms with Crippen LogP contribution in [0.15, 0.2) is 0 Å². The Morgan fingerprint density at radius 1 is 1.78 bits per heavy atom. The molecule has 0 aromatic rings. The zero-order valence-electron chi connectivity index (χ0n) is 5.22. The molecule has 2 amide bonds. The highest BCUT2D eigenvalue weighted by Gasteiger charge is 2.20. The molecule has 1 saturated heterocycles. The molecule has 2 unspecified atom stereocenters. The summed E-state index contributed by atoms with van der Waals surface area (Å²) in [6, 6.07) is -0.117. The number of hydrogen-bond acceptors (Lipinski definition) is 2. The van der Waals surface area contributed by atoms with Gasteiger partial charge in [0.2, 0.25) is 0 Å². The van der Waals surface area contributed by atoms with Crippen LogP contribution in [0.4, 0.5) is 4.79 Å². The summed E-state index contributed by atoms with van der Waals surface area (Å²) in [7, 11) is 0. The van der Waals surface area contributed by atoms with Crippen molar-refractivity contribution in [3.8, 4) is 0 Å². The lowest BCUT2D eigenvalue weighted by molar-refractivity contribution is 0.228. The Morgan fingerprint density at radius 2 is 2.44 bits per heavy atom. The van der Waals surface area contributed by atoms with E-state index in [9.17, 15) is 4.79 Å². The summed E-state index contributed by atoms with van der Waals surface area (Å²) in [6.07, 6.45) is 0. The molecule has 1 aliphatic rings. The summed E-state index contributed by atoms with van der Waals surface area (Å²) in [4.78, 5) is 10.5. The average molecular weight is 146 g/mol. The van der Waals surface area contributed by atoms with Crippen LogP contribution in [0.5, 0.6) is 0 Å². The van der Waals surface area contributed by atoms with Crippen LogP contribution in [0.25, 0.3) is 0 Å². The molecule has 2 N–H and O–H groups in total. The fourth-order valence-electron chi connectivity index (χ4n) is 0.693. The van der Waals surface area contributed by atoms with Gasteiger partial charge < -0.3 is 10.6 Å². The van der Waals surface area contributed by atoms with Crippen molar-refractivity contribution in [2.45, 2.75) is 12.3 Å². The van der Waals surface area contributed by atoms with Gasteiger partial charge >= 0.3 is 6.03 Å². The van der Waals surface area contributed by atoms with E-state index in [1.165, 1.54) is 0 Å². The minimum atomic E-state index is -0.117. The number of amides is 2. The quantitative estimate of drug-likeness (QED) is 0.420. The third-order valence-electron chi connectivity index (χ3n) is 1.40. The van der Waals surface area contributed by atoms with E-state index in [4.69, 9.17) is 0 Å². The van der Waals surface area contributed by atoms with Gasteiger partial charge in [-0.1, -0.05) is 6.92 Å². The number of urea groups is 1. The van der Waals surface area contributed by atoms with E-state index in [1.54, 1.807) is 0 Å². The molecule has 4 heteroatoms. The Bertz CT molecular complexity index is 128. The maximum absolute atomic E-state index is 10.5. The molecular weight excluding hydrogens is 136 g/mol. The lowest BCUT2D eigenvalue weighted by Crippen LogP contribution is -2.51. The van der Waals surface area contributed by atoms with Gasteiger partial charge in [-0.05, 0) is 0 Å². The van der Waals surface area contributed by atoms with E-state index >= 15 is 0 Å². The fraction of sp³-hybridized carbons (Fsp3) is 0.800. The second kappa shape index (κ2) is 2.47. The summed E-state index contributed by atoms with van der Waals surface area (Å²) >= 11 is 4.14. The van der Waals surface area contributed by atoms with Crippen LogP contribution in [0.2, 0.25) is 0 Å². The van der Waals surface area contributed by atoms with Gasteiger partial charge in [0, 0.05) is 12.5 Å². The van der Waals surface area contributed by atoms with Gasteiger partial charge in [0.15, 0.2) is 0 Å². The molecule has 0 bridgehead atoms. The van der Waals surface area contributed by atoms with E-state index < -0.39 is 0 Å². The average Bonchev–Trinajstić information content (AvgIpc) is 1.80. The van der Waals surface area contributed by atoms with Crippen molar-refractivity contribution in [1.29, 1.82) is 0 Å². The molecule has 3 nitrogen and oxygen atoms in total. The second-order valence-corrected chi connectivity index (χ2v) is 2.83. The van der Waals surface area contributed by atoms with E-state index in [2.05, 4.69) is 23.3 Å². The van der Waals surface area contributed by atoms with Crippen LogP contribution in [0.1, 0.15) is 6.92 Å². The Labute approximate surface area is 59.6 Å². The highest BCUT2D eigenvalue weighted by atomic mass is 32.1. The van der Waals surface area contributed by atoms with Crippen molar-refractivity contribution < 1.29 is 4.79 Å². The normalized spacial score (nSPS) is 35.1. The van der Waals surface area contributed by atoms with Gasteiger partial charge in [0.05, 0.1) is 5.37 Å². The first-order chi connectivity index (χ1) is 4.20. The molecule has 1 aliphatic heterocycles. The van der Waals surface area contributed by atoms with Crippen molar-refractivity contribution in [2.75, 3.05) is 6.54 Å². The molecule has 0 spiro atoms. The Hall–Kier alpha value is -0.380. The number of carbonyl (C=O) groups is 1. The van der Waals surface area contributed by atoms with Crippen molar-refractivity contribution in [3.63, 3.8) is 0 Å². The largest absolute Gasteiger partial charge is 0.338 e. The minimum absolute atomic E-state index is 0.0127. The first kappa shape index (κ1) is 6.74. The first-order valence-electron chi connectivity index (χ1n) is 2.92. The third kappa shape index (κ3) is 1.51. The van der Waals surface area contributed by atoms with Crippen LogP contribution in [-0.4, -0.2) is 17.9 Å². The van der Waals surface area contributed by atoms with E-state index in [0.29, 0.717) is 5.92 Å². The molecule has 52 valence electrons. The van der Waals surface area contributed by atoms with Crippen LogP contribution in [0, 0.1) is 5.92 Å². The van der Waals surface area contributed by atoms with Crippen molar-refractivity contribution in [3.05, 3.63) is 0 Å². The van der Waals surface area contributed by atoms with Gasteiger partial charge in [-0.2, -0.15) is 12.6 Å². The van der Waals surface area contributed by atoms with Gasteiger partial charge in [-0.3, -0.25) is 0 Å². The van der Waals surface area contributed by atoms with Crippen molar-refractivity contribution >= 4 is 18.7 Å². The highest BCUT2D eigenvalue weighted by Crippen LogP contribution is 2.08. The molecule has 1 heterocycles. The fourth-order valence-corrected chi connectivity index (χ4v) is 0.916. The summed E-state index contributed by atoms with van der Waals surface area (Å²) < 4.78 is 0. The summed E-state index contributed by atoms with van der Waals surface area (Å²) in [5, 5.41) is 5.32. The molecule has 1 fully saturated rings. The lowest BCUT2D eigenvalue weighted by atomic mass is 10.1. The van der Waals surface area contributed by atoms with Crippen molar-refractivity contribution in [2.24, 2.45) is 5.92 Å². The molecule has 0 saturated carbocycles. The first-order valence-corrected chi connectivity index (χ1v) is 3.44. The monoisotopic (exact) mass is 146 g/mol. The number of nitrogens with one attached hydrogen (secondary N) is 2. The summed E-state index contributed by atoms with van der Waals surface area (Å²) in [5.74, 6) is 0.408. The smallest absolute Gasteiger partial charge is 0.315 e. The van der Waals surface area contributed by atoms with Crippen molar-refractivity contribution in [1.82, 2.24) is 10.6 Å². The number of hydrogen-bond donors (Lipinski definition) is 3. The van der Waals surface area contributed by atoms with Gasteiger partial charge in [-0.15, -0.1) is 0 Å².